The van der Waals surface area contributed by atoms with Crippen LogP contribution in [-0.4, -0.2) is 58.9 Å². The van der Waals surface area contributed by atoms with Crippen LogP contribution in [0.1, 0.15) is 40.0 Å². The van der Waals surface area contributed by atoms with E-state index < -0.39 is 5.79 Å². The molecule has 0 unspecified atom stereocenters. The van der Waals surface area contributed by atoms with Gasteiger partial charge in [0.1, 0.15) is 6.04 Å². The van der Waals surface area contributed by atoms with Crippen LogP contribution in [0.2, 0.25) is 0 Å². The van der Waals surface area contributed by atoms with Gasteiger partial charge in [-0.15, -0.1) is 11.8 Å². The molecule has 0 aliphatic carbocycles. The van der Waals surface area contributed by atoms with E-state index in [9.17, 15) is 9.59 Å². The van der Waals surface area contributed by atoms with Gasteiger partial charge < -0.3 is 19.7 Å². The first-order chi connectivity index (χ1) is 10.8. The van der Waals surface area contributed by atoms with E-state index in [-0.39, 0.29) is 28.6 Å². The summed E-state index contributed by atoms with van der Waals surface area (Å²) in [4.78, 5) is 26.2. The molecule has 3 atom stereocenters. The number of amides is 2. The zero-order chi connectivity index (χ0) is 16.7. The molecular formula is C16H26N2O4S. The van der Waals surface area contributed by atoms with Gasteiger partial charge in [0.25, 0.3) is 0 Å². The van der Waals surface area contributed by atoms with Gasteiger partial charge in [0, 0.05) is 25.1 Å². The molecule has 0 saturated carbocycles. The monoisotopic (exact) mass is 342 g/mol. The van der Waals surface area contributed by atoms with Crippen molar-refractivity contribution in [3.8, 4) is 0 Å². The van der Waals surface area contributed by atoms with Crippen molar-refractivity contribution in [3.63, 3.8) is 0 Å². The van der Waals surface area contributed by atoms with Crippen LogP contribution in [-0.2, 0) is 19.1 Å². The minimum Gasteiger partial charge on any atom is -0.354 e. The maximum absolute atomic E-state index is 12.5. The first-order valence-electron chi connectivity index (χ1n) is 8.35. The predicted molar refractivity (Wildman–Crippen MR) is 87.8 cm³/mol. The molecule has 0 spiro atoms. The molecule has 6 nitrogen and oxygen atoms in total. The first-order valence-corrected chi connectivity index (χ1v) is 9.33. The van der Waals surface area contributed by atoms with Crippen LogP contribution in [0, 0.1) is 5.92 Å². The third-order valence-electron chi connectivity index (χ3n) is 4.99. The van der Waals surface area contributed by atoms with Crippen LogP contribution in [0.4, 0.5) is 0 Å². The lowest BCUT2D eigenvalue weighted by atomic mass is 10.0. The highest BCUT2D eigenvalue weighted by atomic mass is 32.2. The first kappa shape index (κ1) is 17.0. The summed E-state index contributed by atoms with van der Waals surface area (Å²) >= 11 is 1.72. The highest BCUT2D eigenvalue weighted by Gasteiger charge is 2.52. The fraction of sp³-hybridized carbons (Fsp3) is 0.875. The van der Waals surface area contributed by atoms with Gasteiger partial charge in [0.05, 0.1) is 18.1 Å². The molecule has 0 aromatic rings. The molecule has 0 radical (unpaired) electrons. The Morgan fingerprint density at radius 3 is 2.83 bits per heavy atom. The zero-order valence-electron chi connectivity index (χ0n) is 14.1. The number of fused-ring (bicyclic) bond motifs is 1. The average molecular weight is 342 g/mol. The number of hydrogen-bond acceptors (Lipinski definition) is 5. The van der Waals surface area contributed by atoms with Gasteiger partial charge in [-0.05, 0) is 26.2 Å². The molecule has 0 aromatic carbocycles. The Bertz CT molecular complexity index is 494. The Morgan fingerprint density at radius 1 is 1.43 bits per heavy atom. The third kappa shape index (κ3) is 3.37. The molecule has 3 rings (SSSR count). The van der Waals surface area contributed by atoms with E-state index in [2.05, 4.69) is 19.2 Å². The van der Waals surface area contributed by atoms with E-state index in [1.165, 1.54) is 0 Å². The number of hydrogen-bond donors (Lipinski definition) is 1. The van der Waals surface area contributed by atoms with Crippen molar-refractivity contribution in [3.05, 3.63) is 0 Å². The highest BCUT2D eigenvalue weighted by molar-refractivity contribution is 8.01. The van der Waals surface area contributed by atoms with Crippen molar-refractivity contribution in [2.24, 2.45) is 5.92 Å². The number of nitrogens with zero attached hydrogens (tertiary/aromatic N) is 1. The quantitative estimate of drug-likeness (QED) is 0.817. The van der Waals surface area contributed by atoms with E-state index in [1.54, 1.807) is 16.7 Å². The molecule has 0 bridgehead atoms. The molecule has 3 fully saturated rings. The Hall–Kier alpha value is -0.790. The molecule has 7 heteroatoms. The largest absolute Gasteiger partial charge is 0.354 e. The van der Waals surface area contributed by atoms with Gasteiger partial charge in [-0.3, -0.25) is 9.59 Å². The summed E-state index contributed by atoms with van der Waals surface area (Å²) in [5.41, 5.74) is 0. The van der Waals surface area contributed by atoms with Crippen molar-refractivity contribution < 1.29 is 19.1 Å². The number of nitrogens with one attached hydrogen (secondary N) is 1. The predicted octanol–water partition coefficient (Wildman–Crippen LogP) is 1.35. The molecule has 23 heavy (non-hydrogen) atoms. The van der Waals surface area contributed by atoms with Gasteiger partial charge in [-0.25, -0.2) is 0 Å². The molecule has 2 amide bonds. The van der Waals surface area contributed by atoms with Crippen LogP contribution >= 0.6 is 11.8 Å². The fourth-order valence-electron chi connectivity index (χ4n) is 3.79. The maximum Gasteiger partial charge on any atom is 0.243 e. The number of carbonyl (C=O) groups excluding carboxylic acids is 2. The van der Waals surface area contributed by atoms with Gasteiger partial charge in [0.15, 0.2) is 5.79 Å². The SMILES string of the molecule is C[C@H](CNC(=O)[C@@H]1CS[C@]2(C)CCC(=O)N12)CC1(C)OCCO1. The second-order valence-corrected chi connectivity index (χ2v) is 8.65. The maximum atomic E-state index is 12.5. The Labute approximate surface area is 141 Å². The molecule has 0 aromatic heterocycles. The summed E-state index contributed by atoms with van der Waals surface area (Å²) in [5, 5.41) is 3.01. The molecule has 3 saturated heterocycles. The lowest BCUT2D eigenvalue weighted by Crippen LogP contribution is -2.50. The lowest BCUT2D eigenvalue weighted by Gasteiger charge is -2.30. The van der Waals surface area contributed by atoms with E-state index >= 15 is 0 Å². The standard InChI is InChI=1S/C16H26N2O4S/c1-11(8-16(3)21-6-7-22-16)9-17-14(20)12-10-23-15(2)5-4-13(19)18(12)15/h11-12H,4-10H2,1-3H3,(H,17,20)/t11-,12-,15+/m0/s1. The van der Waals surface area contributed by atoms with Crippen molar-refractivity contribution in [2.75, 3.05) is 25.5 Å². The van der Waals surface area contributed by atoms with Gasteiger partial charge in [-0.2, -0.15) is 0 Å². The zero-order valence-corrected chi connectivity index (χ0v) is 14.9. The third-order valence-corrected chi connectivity index (χ3v) is 6.49. The minimum atomic E-state index is -0.531. The van der Waals surface area contributed by atoms with Crippen LogP contribution < -0.4 is 5.32 Å². The molecular weight excluding hydrogens is 316 g/mol. The summed E-state index contributed by atoms with van der Waals surface area (Å²) in [7, 11) is 0. The van der Waals surface area contributed by atoms with Gasteiger partial charge in [-0.1, -0.05) is 6.92 Å². The molecule has 1 N–H and O–H groups in total. The summed E-state index contributed by atoms with van der Waals surface area (Å²) in [5.74, 6) is 0.466. The van der Waals surface area contributed by atoms with Crippen LogP contribution in [0.3, 0.4) is 0 Å². The van der Waals surface area contributed by atoms with Crippen LogP contribution in [0.15, 0.2) is 0 Å². The van der Waals surface area contributed by atoms with Crippen molar-refractivity contribution in [2.45, 2.75) is 56.7 Å². The molecule has 3 heterocycles. The van der Waals surface area contributed by atoms with E-state index in [0.717, 1.165) is 12.8 Å². The Kier molecular flexibility index (Phi) is 4.64. The average Bonchev–Trinajstić information content (AvgIpc) is 3.13. The van der Waals surface area contributed by atoms with Crippen molar-refractivity contribution in [1.29, 1.82) is 0 Å². The van der Waals surface area contributed by atoms with E-state index in [0.29, 0.717) is 31.9 Å². The van der Waals surface area contributed by atoms with Crippen molar-refractivity contribution in [1.82, 2.24) is 10.2 Å². The van der Waals surface area contributed by atoms with E-state index in [4.69, 9.17) is 9.47 Å². The summed E-state index contributed by atoms with van der Waals surface area (Å²) in [6, 6.07) is -0.332. The highest BCUT2D eigenvalue weighted by Crippen LogP contribution is 2.47. The number of carbonyl (C=O) groups is 2. The Morgan fingerprint density at radius 2 is 2.13 bits per heavy atom. The molecule has 130 valence electrons. The number of rotatable bonds is 5. The smallest absolute Gasteiger partial charge is 0.243 e. The normalized spacial score (nSPS) is 33.8. The topological polar surface area (TPSA) is 67.9 Å². The second-order valence-electron chi connectivity index (χ2n) is 7.15. The minimum absolute atomic E-state index is 0.0401. The fourth-order valence-corrected chi connectivity index (χ4v) is 5.22. The summed E-state index contributed by atoms with van der Waals surface area (Å²) in [6.07, 6.45) is 2.13. The summed E-state index contributed by atoms with van der Waals surface area (Å²) < 4.78 is 11.2. The van der Waals surface area contributed by atoms with Gasteiger partial charge >= 0.3 is 0 Å². The van der Waals surface area contributed by atoms with E-state index in [1.807, 2.05) is 6.92 Å². The molecule has 3 aliphatic heterocycles. The summed E-state index contributed by atoms with van der Waals surface area (Å²) in [6.45, 7) is 7.91. The van der Waals surface area contributed by atoms with Crippen LogP contribution in [0.5, 0.6) is 0 Å². The van der Waals surface area contributed by atoms with Crippen LogP contribution in [0.25, 0.3) is 0 Å². The second kappa shape index (κ2) is 6.26. The van der Waals surface area contributed by atoms with Crippen molar-refractivity contribution >= 4 is 23.6 Å². The van der Waals surface area contributed by atoms with Gasteiger partial charge in [0.2, 0.25) is 11.8 Å². The Balaban J connectivity index is 1.50. The molecule has 3 aliphatic rings. The number of thioether (sulfide) groups is 1. The lowest BCUT2D eigenvalue weighted by molar-refractivity contribution is -0.154. The number of ether oxygens (including phenoxy) is 2.